The van der Waals surface area contributed by atoms with Crippen molar-refractivity contribution in [2.24, 2.45) is 0 Å². The second kappa shape index (κ2) is 6.92. The lowest BCUT2D eigenvalue weighted by Gasteiger charge is -2.26. The number of hydrogen-bond donors (Lipinski definition) is 0. The standard InChI is InChI=1S/C27H22S/c1-27(25-18-10-8-16-23(25)24-17-9-11-19-26(24)27)20-28(21-12-4-2-5-13-21)22-14-6-3-7-15-22/h2-20H,1H3. The molecule has 4 aromatic carbocycles. The van der Waals surface area contributed by atoms with Gasteiger partial charge in [-0.05, 0) is 58.8 Å². The van der Waals surface area contributed by atoms with Crippen molar-refractivity contribution in [1.29, 1.82) is 0 Å². The Kier molecular flexibility index (Phi) is 4.26. The zero-order valence-corrected chi connectivity index (χ0v) is 16.7. The summed E-state index contributed by atoms with van der Waals surface area (Å²) in [5.74, 6) is 0. The van der Waals surface area contributed by atoms with Crippen LogP contribution in [0.2, 0.25) is 0 Å². The molecule has 0 fully saturated rings. The summed E-state index contributed by atoms with van der Waals surface area (Å²) in [7, 11) is -0.120. The third kappa shape index (κ3) is 2.75. The largest absolute Gasteiger partial charge is 0.126 e. The molecule has 0 saturated carbocycles. The summed E-state index contributed by atoms with van der Waals surface area (Å²) in [6.45, 7) is 2.38. The monoisotopic (exact) mass is 378 g/mol. The van der Waals surface area contributed by atoms with Gasteiger partial charge in [-0.2, -0.15) is 0 Å². The van der Waals surface area contributed by atoms with Crippen molar-refractivity contribution in [3.63, 3.8) is 0 Å². The van der Waals surface area contributed by atoms with Gasteiger partial charge in [-0.1, -0.05) is 84.9 Å². The quantitative estimate of drug-likeness (QED) is 0.332. The highest BCUT2D eigenvalue weighted by Gasteiger charge is 2.37. The second-order valence-electron chi connectivity index (χ2n) is 7.38. The van der Waals surface area contributed by atoms with Crippen molar-refractivity contribution in [2.75, 3.05) is 0 Å². The Labute approximate surface area is 169 Å². The molecule has 1 heteroatoms. The number of hydrogen-bond acceptors (Lipinski definition) is 0. The molecule has 0 spiro atoms. The Bertz CT molecular complexity index is 1070. The molecule has 0 aliphatic heterocycles. The third-order valence-electron chi connectivity index (χ3n) is 5.61. The van der Waals surface area contributed by atoms with Gasteiger partial charge < -0.3 is 0 Å². The maximum absolute atomic E-state index is 2.57. The number of fused-ring (bicyclic) bond motifs is 3. The summed E-state index contributed by atoms with van der Waals surface area (Å²) in [5, 5.41) is 2.57. The zero-order chi connectivity index (χ0) is 19.0. The van der Waals surface area contributed by atoms with Crippen LogP contribution in [0, 0.1) is 0 Å². The van der Waals surface area contributed by atoms with Crippen LogP contribution < -0.4 is 0 Å². The van der Waals surface area contributed by atoms with Crippen LogP contribution in [0.15, 0.2) is 119 Å². The van der Waals surface area contributed by atoms with Crippen LogP contribution in [0.5, 0.6) is 0 Å². The normalized spacial score (nSPS) is 13.8. The van der Waals surface area contributed by atoms with Gasteiger partial charge in [0.25, 0.3) is 0 Å². The summed E-state index contributed by atoms with van der Waals surface area (Å²) < 4.78 is 0. The number of rotatable bonds is 3. The molecule has 1 aliphatic carbocycles. The van der Waals surface area contributed by atoms with E-state index in [9.17, 15) is 0 Å². The molecule has 0 aromatic heterocycles. The summed E-state index contributed by atoms with van der Waals surface area (Å²) in [6.07, 6.45) is 0. The van der Waals surface area contributed by atoms with Crippen LogP contribution in [-0.2, 0) is 5.41 Å². The average molecular weight is 379 g/mol. The molecule has 0 radical (unpaired) electrons. The van der Waals surface area contributed by atoms with E-state index in [1.807, 2.05) is 0 Å². The summed E-state index contributed by atoms with van der Waals surface area (Å²) in [4.78, 5) is 2.72. The van der Waals surface area contributed by atoms with E-state index in [1.165, 1.54) is 32.0 Å². The van der Waals surface area contributed by atoms with Crippen LogP contribution in [0.1, 0.15) is 18.1 Å². The lowest BCUT2D eigenvalue weighted by atomic mass is 9.82. The molecule has 4 aromatic rings. The predicted octanol–water partition coefficient (Wildman–Crippen LogP) is 7.16. The molecule has 0 amide bonds. The Morgan fingerprint density at radius 3 is 1.39 bits per heavy atom. The van der Waals surface area contributed by atoms with Gasteiger partial charge in [0, 0.05) is 15.2 Å². The van der Waals surface area contributed by atoms with Crippen LogP contribution in [-0.4, -0.2) is 5.37 Å². The number of benzene rings is 4. The minimum absolute atomic E-state index is 0.120. The fourth-order valence-electron chi connectivity index (χ4n) is 4.26. The van der Waals surface area contributed by atoms with Crippen LogP contribution in [0.4, 0.5) is 0 Å². The first-order valence-electron chi connectivity index (χ1n) is 9.66. The van der Waals surface area contributed by atoms with E-state index in [-0.39, 0.29) is 15.9 Å². The van der Waals surface area contributed by atoms with Crippen LogP contribution in [0.25, 0.3) is 11.1 Å². The van der Waals surface area contributed by atoms with E-state index in [2.05, 4.69) is 121 Å². The van der Waals surface area contributed by atoms with Gasteiger partial charge in [0.2, 0.25) is 0 Å². The van der Waals surface area contributed by atoms with Crippen LogP contribution >= 0.6 is 10.5 Å². The first kappa shape index (κ1) is 17.2. The minimum Gasteiger partial charge on any atom is -0.126 e. The molecule has 28 heavy (non-hydrogen) atoms. The Balaban J connectivity index is 1.80. The van der Waals surface area contributed by atoms with Gasteiger partial charge in [-0.15, -0.1) is 10.5 Å². The van der Waals surface area contributed by atoms with E-state index >= 15 is 0 Å². The molecule has 136 valence electrons. The van der Waals surface area contributed by atoms with Crippen molar-refractivity contribution in [3.05, 3.63) is 120 Å². The van der Waals surface area contributed by atoms with E-state index in [4.69, 9.17) is 0 Å². The zero-order valence-electron chi connectivity index (χ0n) is 15.9. The lowest BCUT2D eigenvalue weighted by molar-refractivity contribution is 0.827. The van der Waals surface area contributed by atoms with Gasteiger partial charge >= 0.3 is 0 Å². The molecular formula is C27H22S. The summed E-state index contributed by atoms with van der Waals surface area (Å²) in [6, 6.07) is 39.5. The van der Waals surface area contributed by atoms with Crippen molar-refractivity contribution in [1.82, 2.24) is 0 Å². The molecule has 1 aliphatic rings. The Morgan fingerprint density at radius 1 is 0.536 bits per heavy atom. The molecule has 0 atom stereocenters. The van der Waals surface area contributed by atoms with Gasteiger partial charge in [0.15, 0.2) is 0 Å². The Hall–Kier alpha value is -2.90. The van der Waals surface area contributed by atoms with E-state index in [1.54, 1.807) is 0 Å². The van der Waals surface area contributed by atoms with Crippen molar-refractivity contribution >= 4 is 15.9 Å². The molecule has 0 bridgehead atoms. The fourth-order valence-corrected chi connectivity index (χ4v) is 6.43. The molecule has 0 nitrogen and oxygen atoms in total. The predicted molar refractivity (Wildman–Crippen MR) is 121 cm³/mol. The second-order valence-corrected chi connectivity index (χ2v) is 9.23. The highest BCUT2D eigenvalue weighted by molar-refractivity contribution is 8.15. The smallest absolute Gasteiger partial charge is 0.0425 e. The molecule has 0 N–H and O–H groups in total. The summed E-state index contributed by atoms with van der Waals surface area (Å²) in [5.41, 5.74) is 5.41. The topological polar surface area (TPSA) is 0 Å². The molecule has 0 heterocycles. The summed E-state index contributed by atoms with van der Waals surface area (Å²) >= 11 is 0. The van der Waals surface area contributed by atoms with E-state index in [0.29, 0.717) is 0 Å². The highest BCUT2D eigenvalue weighted by atomic mass is 32.2. The molecule has 0 saturated heterocycles. The molecular weight excluding hydrogens is 356 g/mol. The van der Waals surface area contributed by atoms with Gasteiger partial charge in [0.05, 0.1) is 0 Å². The highest BCUT2D eigenvalue weighted by Crippen LogP contribution is 2.50. The van der Waals surface area contributed by atoms with Gasteiger partial charge in [0.1, 0.15) is 0 Å². The lowest BCUT2D eigenvalue weighted by Crippen LogP contribution is -2.22. The Morgan fingerprint density at radius 2 is 0.929 bits per heavy atom. The molecule has 0 unspecified atom stereocenters. The van der Waals surface area contributed by atoms with Crippen molar-refractivity contribution < 1.29 is 0 Å². The van der Waals surface area contributed by atoms with E-state index < -0.39 is 0 Å². The first-order chi connectivity index (χ1) is 13.8. The van der Waals surface area contributed by atoms with Crippen molar-refractivity contribution in [3.8, 4) is 11.1 Å². The fraction of sp³-hybridized carbons (Fsp3) is 0.0741. The average Bonchev–Trinajstić information content (AvgIpc) is 3.03. The van der Waals surface area contributed by atoms with Gasteiger partial charge in [-0.25, -0.2) is 0 Å². The van der Waals surface area contributed by atoms with E-state index in [0.717, 1.165) is 0 Å². The van der Waals surface area contributed by atoms with Gasteiger partial charge in [-0.3, -0.25) is 0 Å². The first-order valence-corrected chi connectivity index (χ1v) is 10.9. The minimum atomic E-state index is -0.123. The van der Waals surface area contributed by atoms with Crippen LogP contribution in [0.3, 0.4) is 0 Å². The third-order valence-corrected chi connectivity index (χ3v) is 7.88. The van der Waals surface area contributed by atoms with Crippen molar-refractivity contribution in [2.45, 2.75) is 22.1 Å². The maximum Gasteiger partial charge on any atom is 0.0425 e. The maximum atomic E-state index is 2.57. The SMILES string of the molecule is CC1(C=S(c2ccccc2)c2ccccc2)c2ccccc2-c2ccccc21. The molecule has 5 rings (SSSR count).